The van der Waals surface area contributed by atoms with Crippen LogP contribution in [-0.2, 0) is 11.7 Å². The molecule has 73 valence electrons. The topological polar surface area (TPSA) is 51.8 Å². The second kappa shape index (κ2) is 4.99. The van der Waals surface area contributed by atoms with E-state index in [1.807, 2.05) is 20.2 Å². The number of aryl methyl sites for hydroxylation is 1. The first-order valence-electron chi connectivity index (χ1n) is 4.49. The molecule has 0 saturated carbocycles. The average Bonchev–Trinajstić information content (AvgIpc) is 2.48. The van der Waals surface area contributed by atoms with Gasteiger partial charge >= 0.3 is 0 Å². The van der Waals surface area contributed by atoms with Gasteiger partial charge in [-0.3, -0.25) is 4.90 Å². The minimum absolute atomic E-state index is 0.00151. The van der Waals surface area contributed by atoms with Crippen LogP contribution in [0.3, 0.4) is 0 Å². The highest BCUT2D eigenvalue weighted by Gasteiger charge is 2.02. The SMILES string of the molecule is Cc1cnc(CN(C)CCC[O])[nH]1. The smallest absolute Gasteiger partial charge is 0.120 e. The van der Waals surface area contributed by atoms with E-state index in [-0.39, 0.29) is 6.61 Å². The maximum Gasteiger partial charge on any atom is 0.120 e. The minimum Gasteiger partial charge on any atom is -0.345 e. The predicted molar refractivity (Wildman–Crippen MR) is 49.8 cm³/mol. The van der Waals surface area contributed by atoms with Crippen LogP contribution < -0.4 is 0 Å². The van der Waals surface area contributed by atoms with Crippen molar-refractivity contribution >= 4 is 0 Å². The number of H-pyrrole nitrogens is 1. The fourth-order valence-electron chi connectivity index (χ4n) is 1.22. The molecule has 0 spiro atoms. The molecule has 0 aliphatic rings. The van der Waals surface area contributed by atoms with Crippen LogP contribution in [0.1, 0.15) is 17.9 Å². The van der Waals surface area contributed by atoms with Crippen LogP contribution in [0, 0.1) is 6.92 Å². The third kappa shape index (κ3) is 3.57. The molecule has 0 aliphatic carbocycles. The van der Waals surface area contributed by atoms with Crippen molar-refractivity contribution in [3.05, 3.63) is 17.7 Å². The molecule has 1 rings (SSSR count). The lowest BCUT2D eigenvalue weighted by molar-refractivity contribution is 0.171. The highest BCUT2D eigenvalue weighted by atomic mass is 16.3. The average molecular weight is 182 g/mol. The Hall–Kier alpha value is -0.870. The second-order valence-corrected chi connectivity index (χ2v) is 3.31. The van der Waals surface area contributed by atoms with Gasteiger partial charge in [0.25, 0.3) is 0 Å². The number of imidazole rings is 1. The van der Waals surface area contributed by atoms with E-state index in [1.54, 1.807) is 0 Å². The van der Waals surface area contributed by atoms with Crippen LogP contribution in [0.15, 0.2) is 6.20 Å². The first-order chi connectivity index (χ1) is 6.22. The Morgan fingerprint density at radius 3 is 2.92 bits per heavy atom. The molecule has 4 heteroatoms. The highest BCUT2D eigenvalue weighted by molar-refractivity contribution is 4.97. The number of nitrogens with zero attached hydrogens (tertiary/aromatic N) is 2. The molecule has 1 aromatic heterocycles. The van der Waals surface area contributed by atoms with E-state index in [2.05, 4.69) is 14.9 Å². The zero-order valence-corrected chi connectivity index (χ0v) is 8.21. The van der Waals surface area contributed by atoms with Gasteiger partial charge in [0, 0.05) is 18.4 Å². The van der Waals surface area contributed by atoms with Crippen molar-refractivity contribution in [3.63, 3.8) is 0 Å². The van der Waals surface area contributed by atoms with Crippen LogP contribution in [0.4, 0.5) is 0 Å². The zero-order chi connectivity index (χ0) is 9.68. The Morgan fingerprint density at radius 1 is 1.62 bits per heavy atom. The van der Waals surface area contributed by atoms with Crippen LogP contribution in [-0.4, -0.2) is 35.1 Å². The van der Waals surface area contributed by atoms with E-state index < -0.39 is 0 Å². The van der Waals surface area contributed by atoms with Gasteiger partial charge in [-0.1, -0.05) is 0 Å². The summed E-state index contributed by atoms with van der Waals surface area (Å²) < 4.78 is 0. The van der Waals surface area contributed by atoms with E-state index in [1.165, 1.54) is 0 Å². The maximum atomic E-state index is 10.2. The molecular formula is C9H16N3O. The van der Waals surface area contributed by atoms with Crippen LogP contribution in [0.25, 0.3) is 0 Å². The van der Waals surface area contributed by atoms with Gasteiger partial charge in [-0.05, 0) is 20.4 Å². The van der Waals surface area contributed by atoms with Crippen molar-refractivity contribution in [3.8, 4) is 0 Å². The lowest BCUT2D eigenvalue weighted by atomic mass is 10.4. The monoisotopic (exact) mass is 182 g/mol. The van der Waals surface area contributed by atoms with Crippen molar-refractivity contribution in [2.24, 2.45) is 0 Å². The summed E-state index contributed by atoms with van der Waals surface area (Å²) >= 11 is 0. The van der Waals surface area contributed by atoms with Crippen LogP contribution in [0.5, 0.6) is 0 Å². The summed E-state index contributed by atoms with van der Waals surface area (Å²) in [5.74, 6) is 0.964. The Bertz CT molecular complexity index is 247. The van der Waals surface area contributed by atoms with Gasteiger partial charge in [0.1, 0.15) is 5.82 Å². The number of hydrogen-bond donors (Lipinski definition) is 1. The fraction of sp³-hybridized carbons (Fsp3) is 0.667. The number of aromatic amines is 1. The number of hydrogen-bond acceptors (Lipinski definition) is 2. The molecule has 1 radical (unpaired) electrons. The molecule has 0 amide bonds. The number of nitrogens with one attached hydrogen (secondary N) is 1. The minimum atomic E-state index is 0.00151. The summed E-state index contributed by atoms with van der Waals surface area (Å²) in [4.78, 5) is 9.43. The van der Waals surface area contributed by atoms with Crippen molar-refractivity contribution in [1.82, 2.24) is 14.9 Å². The summed E-state index contributed by atoms with van der Waals surface area (Å²) in [6, 6.07) is 0. The molecule has 1 heterocycles. The molecule has 1 aromatic rings. The molecule has 0 aromatic carbocycles. The molecule has 1 N–H and O–H groups in total. The second-order valence-electron chi connectivity index (χ2n) is 3.31. The van der Waals surface area contributed by atoms with Gasteiger partial charge in [-0.15, -0.1) is 0 Å². The van der Waals surface area contributed by atoms with Crippen LogP contribution in [0.2, 0.25) is 0 Å². The van der Waals surface area contributed by atoms with Gasteiger partial charge in [-0.2, -0.15) is 0 Å². The molecule has 0 saturated heterocycles. The quantitative estimate of drug-likeness (QED) is 0.737. The summed E-state index contributed by atoms with van der Waals surface area (Å²) in [6.07, 6.45) is 2.52. The molecular weight excluding hydrogens is 166 g/mol. The first kappa shape index (κ1) is 10.2. The Labute approximate surface area is 78.6 Å². The van der Waals surface area contributed by atoms with Gasteiger partial charge in [0.2, 0.25) is 0 Å². The van der Waals surface area contributed by atoms with Crippen molar-refractivity contribution < 1.29 is 5.11 Å². The third-order valence-corrected chi connectivity index (χ3v) is 1.86. The van der Waals surface area contributed by atoms with E-state index in [4.69, 9.17) is 0 Å². The number of rotatable bonds is 5. The zero-order valence-electron chi connectivity index (χ0n) is 8.21. The molecule has 0 fully saturated rings. The van der Waals surface area contributed by atoms with E-state index in [0.717, 1.165) is 24.6 Å². The standard InChI is InChI=1S/C9H16N3O/c1-8-6-10-9(11-8)7-12(2)4-3-5-13/h6H,3-5,7H2,1-2H3,(H,10,11). The maximum absolute atomic E-state index is 10.2. The van der Waals surface area contributed by atoms with Gasteiger partial charge in [-0.25, -0.2) is 10.1 Å². The molecule has 0 unspecified atom stereocenters. The Balaban J connectivity index is 2.31. The highest BCUT2D eigenvalue weighted by Crippen LogP contribution is 1.99. The largest absolute Gasteiger partial charge is 0.345 e. The van der Waals surface area contributed by atoms with Crippen LogP contribution >= 0.6 is 0 Å². The lowest BCUT2D eigenvalue weighted by Gasteiger charge is -2.13. The molecule has 0 bridgehead atoms. The number of aromatic nitrogens is 2. The van der Waals surface area contributed by atoms with E-state index in [0.29, 0.717) is 6.42 Å². The Morgan fingerprint density at radius 2 is 2.38 bits per heavy atom. The van der Waals surface area contributed by atoms with Gasteiger partial charge in [0.05, 0.1) is 13.2 Å². The summed E-state index contributed by atoms with van der Waals surface area (Å²) in [6.45, 7) is 3.60. The summed E-state index contributed by atoms with van der Waals surface area (Å²) in [7, 11) is 1.99. The van der Waals surface area contributed by atoms with Gasteiger partial charge in [0.15, 0.2) is 0 Å². The van der Waals surface area contributed by atoms with E-state index in [9.17, 15) is 5.11 Å². The first-order valence-corrected chi connectivity index (χ1v) is 4.49. The van der Waals surface area contributed by atoms with Gasteiger partial charge < -0.3 is 4.98 Å². The normalized spacial score (nSPS) is 11.1. The Kier molecular flexibility index (Phi) is 3.92. The van der Waals surface area contributed by atoms with Crippen molar-refractivity contribution in [2.45, 2.75) is 19.9 Å². The van der Waals surface area contributed by atoms with Crippen molar-refractivity contribution in [1.29, 1.82) is 0 Å². The summed E-state index contributed by atoms with van der Waals surface area (Å²) in [5, 5.41) is 10.2. The third-order valence-electron chi connectivity index (χ3n) is 1.86. The lowest BCUT2D eigenvalue weighted by Crippen LogP contribution is -2.20. The molecule has 13 heavy (non-hydrogen) atoms. The fourth-order valence-corrected chi connectivity index (χ4v) is 1.22. The predicted octanol–water partition coefficient (Wildman–Crippen LogP) is 0.971. The molecule has 0 aliphatic heterocycles. The van der Waals surface area contributed by atoms with Crippen molar-refractivity contribution in [2.75, 3.05) is 20.2 Å². The van der Waals surface area contributed by atoms with E-state index >= 15 is 0 Å². The summed E-state index contributed by atoms with van der Waals surface area (Å²) in [5.41, 5.74) is 1.08. The molecule has 0 atom stereocenters. The molecule has 4 nitrogen and oxygen atoms in total.